The third kappa shape index (κ3) is 2.87. The Kier molecular flexibility index (Phi) is 4.56. The highest BCUT2D eigenvalue weighted by molar-refractivity contribution is 6.14. The number of carbonyl (C=O) groups excluding carboxylic acids is 3. The maximum Gasteiger partial charge on any atom is 0.333 e. The number of fused-ring (bicyclic) bond motifs is 2. The zero-order chi connectivity index (χ0) is 20.8. The first-order chi connectivity index (χ1) is 13.9. The van der Waals surface area contributed by atoms with Crippen molar-refractivity contribution in [3.05, 3.63) is 60.2 Å². The van der Waals surface area contributed by atoms with Crippen molar-refractivity contribution in [2.24, 2.45) is 16.7 Å². The Labute approximate surface area is 169 Å². The van der Waals surface area contributed by atoms with E-state index >= 15 is 0 Å². The van der Waals surface area contributed by atoms with Crippen LogP contribution in [0.3, 0.4) is 0 Å². The van der Waals surface area contributed by atoms with Crippen molar-refractivity contribution in [2.45, 2.75) is 26.2 Å². The second kappa shape index (κ2) is 6.83. The molecular weight excluding hydrogens is 368 g/mol. The summed E-state index contributed by atoms with van der Waals surface area (Å²) in [7, 11) is 1.31. The smallest absolute Gasteiger partial charge is 0.333 e. The number of ketones is 1. The SMILES string of the molecule is C=C(C(=O)OC)C12CC1CC(C(=O)OCC)(C(=O)c1ccc3ccccc3c1)C2. The molecular formula is C24H24O5. The van der Waals surface area contributed by atoms with E-state index in [0.717, 1.165) is 17.2 Å². The molecule has 2 aliphatic carbocycles. The monoisotopic (exact) mass is 392 g/mol. The summed E-state index contributed by atoms with van der Waals surface area (Å²) < 4.78 is 10.2. The molecule has 2 saturated carbocycles. The van der Waals surface area contributed by atoms with Crippen molar-refractivity contribution in [2.75, 3.05) is 13.7 Å². The molecule has 2 fully saturated rings. The normalized spacial score (nSPS) is 27.2. The lowest BCUT2D eigenvalue weighted by Crippen LogP contribution is -2.40. The second-order valence-corrected chi connectivity index (χ2v) is 8.10. The standard InChI is InChI=1S/C24H24O5/c1-4-29-22(27)24(13-19-12-23(19,14-24)15(2)21(26)28-3)20(25)18-10-9-16-7-5-6-8-17(16)11-18/h5-11,19H,2,4,12-14H2,1,3H3. The van der Waals surface area contributed by atoms with Crippen molar-refractivity contribution in [3.8, 4) is 0 Å². The van der Waals surface area contributed by atoms with E-state index in [2.05, 4.69) is 6.58 Å². The topological polar surface area (TPSA) is 69.7 Å². The van der Waals surface area contributed by atoms with Crippen LogP contribution < -0.4 is 0 Å². The van der Waals surface area contributed by atoms with Crippen molar-refractivity contribution >= 4 is 28.5 Å². The van der Waals surface area contributed by atoms with Crippen molar-refractivity contribution < 1.29 is 23.9 Å². The molecule has 0 aliphatic heterocycles. The molecule has 0 bridgehead atoms. The second-order valence-electron chi connectivity index (χ2n) is 8.10. The first-order valence-electron chi connectivity index (χ1n) is 9.86. The van der Waals surface area contributed by atoms with Crippen LogP contribution in [0, 0.1) is 16.7 Å². The van der Waals surface area contributed by atoms with Gasteiger partial charge in [-0.2, -0.15) is 0 Å². The molecule has 5 nitrogen and oxygen atoms in total. The lowest BCUT2D eigenvalue weighted by atomic mass is 9.73. The average molecular weight is 392 g/mol. The van der Waals surface area contributed by atoms with Crippen LogP contribution in [-0.4, -0.2) is 31.4 Å². The summed E-state index contributed by atoms with van der Waals surface area (Å²) in [4.78, 5) is 38.8. The zero-order valence-electron chi connectivity index (χ0n) is 16.7. The summed E-state index contributed by atoms with van der Waals surface area (Å²) in [5, 5.41) is 1.97. The van der Waals surface area contributed by atoms with Crippen LogP contribution in [0.2, 0.25) is 0 Å². The molecule has 0 radical (unpaired) electrons. The molecule has 0 N–H and O–H groups in total. The third-order valence-corrected chi connectivity index (χ3v) is 6.59. The fraction of sp³-hybridized carbons (Fsp3) is 0.375. The van der Waals surface area contributed by atoms with Gasteiger partial charge >= 0.3 is 11.9 Å². The number of ether oxygens (including phenoxy) is 2. The summed E-state index contributed by atoms with van der Waals surface area (Å²) in [6.45, 7) is 5.85. The van der Waals surface area contributed by atoms with Gasteiger partial charge in [0.05, 0.1) is 13.7 Å². The lowest BCUT2D eigenvalue weighted by Gasteiger charge is -2.29. The predicted octanol–water partition coefficient (Wildman–Crippen LogP) is 4.10. The summed E-state index contributed by atoms with van der Waals surface area (Å²) in [6.07, 6.45) is 1.35. The molecule has 2 aromatic carbocycles. The summed E-state index contributed by atoms with van der Waals surface area (Å²) in [5.41, 5.74) is -1.01. The Balaban J connectivity index is 1.73. The van der Waals surface area contributed by atoms with Crippen LogP contribution in [0.1, 0.15) is 36.5 Å². The van der Waals surface area contributed by atoms with Gasteiger partial charge in [-0.05, 0) is 48.9 Å². The molecule has 5 heteroatoms. The highest BCUT2D eigenvalue weighted by Crippen LogP contribution is 2.73. The predicted molar refractivity (Wildman–Crippen MR) is 108 cm³/mol. The summed E-state index contributed by atoms with van der Waals surface area (Å²) >= 11 is 0. The van der Waals surface area contributed by atoms with E-state index in [1.807, 2.05) is 36.4 Å². The molecule has 3 atom stereocenters. The quantitative estimate of drug-likeness (QED) is 0.320. The van der Waals surface area contributed by atoms with E-state index < -0.39 is 22.8 Å². The van der Waals surface area contributed by atoms with Crippen LogP contribution in [0.15, 0.2) is 54.6 Å². The van der Waals surface area contributed by atoms with E-state index in [0.29, 0.717) is 17.6 Å². The van der Waals surface area contributed by atoms with Crippen molar-refractivity contribution in [3.63, 3.8) is 0 Å². The minimum atomic E-state index is -1.29. The van der Waals surface area contributed by atoms with Gasteiger partial charge in [0.2, 0.25) is 0 Å². The van der Waals surface area contributed by atoms with Crippen LogP contribution in [0.4, 0.5) is 0 Å². The van der Waals surface area contributed by atoms with Gasteiger partial charge in [0.25, 0.3) is 0 Å². The van der Waals surface area contributed by atoms with Gasteiger partial charge in [-0.25, -0.2) is 4.79 Å². The Morgan fingerprint density at radius 3 is 2.52 bits per heavy atom. The first kappa shape index (κ1) is 19.4. The largest absolute Gasteiger partial charge is 0.466 e. The molecule has 2 aromatic rings. The van der Waals surface area contributed by atoms with Crippen LogP contribution in [0.5, 0.6) is 0 Å². The van der Waals surface area contributed by atoms with Gasteiger partial charge in [0.1, 0.15) is 5.41 Å². The van der Waals surface area contributed by atoms with Crippen LogP contribution >= 0.6 is 0 Å². The number of methoxy groups -OCH3 is 1. The minimum Gasteiger partial charge on any atom is -0.466 e. The van der Waals surface area contributed by atoms with Gasteiger partial charge in [-0.15, -0.1) is 0 Å². The molecule has 2 aliphatic rings. The maximum atomic E-state index is 13.7. The Morgan fingerprint density at radius 2 is 1.83 bits per heavy atom. The molecule has 0 amide bonds. The molecule has 29 heavy (non-hydrogen) atoms. The average Bonchev–Trinajstić information content (AvgIpc) is 3.33. The van der Waals surface area contributed by atoms with Gasteiger partial charge in [0.15, 0.2) is 5.78 Å². The number of hydrogen-bond donors (Lipinski definition) is 0. The summed E-state index contributed by atoms with van der Waals surface area (Å²) in [6, 6.07) is 13.2. The highest BCUT2D eigenvalue weighted by Gasteiger charge is 2.72. The molecule has 150 valence electrons. The first-order valence-corrected chi connectivity index (χ1v) is 9.86. The van der Waals surface area contributed by atoms with Gasteiger partial charge in [0, 0.05) is 16.6 Å². The molecule has 3 unspecified atom stereocenters. The summed E-state index contributed by atoms with van der Waals surface area (Å²) in [5.74, 6) is -1.18. The third-order valence-electron chi connectivity index (χ3n) is 6.59. The van der Waals surface area contributed by atoms with E-state index in [1.165, 1.54) is 7.11 Å². The van der Waals surface area contributed by atoms with E-state index in [1.54, 1.807) is 13.0 Å². The number of esters is 2. The van der Waals surface area contributed by atoms with Crippen molar-refractivity contribution in [1.29, 1.82) is 0 Å². The highest BCUT2D eigenvalue weighted by atomic mass is 16.5. The fourth-order valence-electron chi connectivity index (χ4n) is 5.00. The number of rotatable bonds is 6. The zero-order valence-corrected chi connectivity index (χ0v) is 16.7. The van der Waals surface area contributed by atoms with Gasteiger partial charge in [-0.1, -0.05) is 43.0 Å². The molecule has 0 saturated heterocycles. The van der Waals surface area contributed by atoms with Crippen molar-refractivity contribution in [1.82, 2.24) is 0 Å². The number of hydrogen-bond acceptors (Lipinski definition) is 5. The Hall–Kier alpha value is -2.95. The minimum absolute atomic E-state index is 0.0583. The Bertz CT molecular complexity index is 1040. The van der Waals surface area contributed by atoms with E-state index in [9.17, 15) is 14.4 Å². The molecule has 0 aromatic heterocycles. The Morgan fingerprint density at radius 1 is 1.10 bits per heavy atom. The molecule has 0 heterocycles. The van der Waals surface area contributed by atoms with Crippen LogP contribution in [0.25, 0.3) is 10.8 Å². The maximum absolute atomic E-state index is 13.7. The van der Waals surface area contributed by atoms with Gasteiger partial charge < -0.3 is 9.47 Å². The number of carbonyl (C=O) groups is 3. The van der Waals surface area contributed by atoms with E-state index in [-0.39, 0.29) is 24.7 Å². The van der Waals surface area contributed by atoms with E-state index in [4.69, 9.17) is 9.47 Å². The fourth-order valence-corrected chi connectivity index (χ4v) is 5.00. The number of benzene rings is 2. The van der Waals surface area contributed by atoms with Crippen LogP contribution in [-0.2, 0) is 19.1 Å². The molecule has 4 rings (SSSR count). The lowest BCUT2D eigenvalue weighted by molar-refractivity contribution is -0.153. The number of Topliss-reactive ketones (excluding diaryl/α,β-unsaturated/α-hetero) is 1. The molecule has 0 spiro atoms. The van der Waals surface area contributed by atoms with Gasteiger partial charge in [-0.3, -0.25) is 9.59 Å².